The summed E-state index contributed by atoms with van der Waals surface area (Å²) in [5.41, 5.74) is 0.892. The Morgan fingerprint density at radius 3 is 2.83 bits per heavy atom. The third-order valence-electron chi connectivity index (χ3n) is 3.47. The Labute approximate surface area is 140 Å². The van der Waals surface area contributed by atoms with Crippen molar-refractivity contribution in [1.29, 1.82) is 0 Å². The normalized spacial score (nSPS) is 11.7. The summed E-state index contributed by atoms with van der Waals surface area (Å²) >= 11 is 3.01. The minimum atomic E-state index is 0.275. The lowest BCUT2D eigenvalue weighted by Gasteiger charge is -1.96. The molecule has 4 rings (SSSR count). The molecule has 0 amide bonds. The number of fused-ring (bicyclic) bond motifs is 2. The number of rotatable bonds is 3. The largest absolute Gasteiger partial charge is 0.506 e. The fraction of sp³-hybridized carbons (Fsp3) is 0.0588. The average molecular weight is 340 g/mol. The number of hydrogen-bond acceptors (Lipinski definition) is 6. The third-order valence-corrected chi connectivity index (χ3v) is 5.49. The maximum Gasteiger partial charge on any atom is 0.210 e. The summed E-state index contributed by atoms with van der Waals surface area (Å²) in [6.45, 7) is 0. The minimum absolute atomic E-state index is 0.275. The maximum absolute atomic E-state index is 10.3. The highest BCUT2D eigenvalue weighted by Crippen LogP contribution is 2.36. The van der Waals surface area contributed by atoms with Crippen LogP contribution in [0.5, 0.6) is 11.5 Å². The number of aromatic nitrogens is 1. The molecule has 114 valence electrons. The van der Waals surface area contributed by atoms with Crippen LogP contribution in [0.15, 0.2) is 47.5 Å². The molecule has 0 aliphatic rings. The molecule has 6 heteroatoms. The van der Waals surface area contributed by atoms with Gasteiger partial charge < -0.3 is 9.84 Å². The summed E-state index contributed by atoms with van der Waals surface area (Å²) in [7, 11) is 1.64. The van der Waals surface area contributed by atoms with Gasteiger partial charge in [0.25, 0.3) is 0 Å². The monoisotopic (exact) mass is 340 g/mol. The average Bonchev–Trinajstić information content (AvgIpc) is 3.13. The lowest BCUT2D eigenvalue weighted by atomic mass is 10.2. The second-order valence-electron chi connectivity index (χ2n) is 4.90. The van der Waals surface area contributed by atoms with Gasteiger partial charge in [0, 0.05) is 10.1 Å². The van der Waals surface area contributed by atoms with Crippen LogP contribution < -0.4 is 4.74 Å². The van der Waals surface area contributed by atoms with E-state index in [9.17, 15) is 5.11 Å². The van der Waals surface area contributed by atoms with Crippen LogP contribution in [0.4, 0.5) is 5.13 Å². The minimum Gasteiger partial charge on any atom is -0.506 e. The molecule has 0 saturated heterocycles. The Balaban J connectivity index is 1.71. The van der Waals surface area contributed by atoms with Crippen molar-refractivity contribution in [3.63, 3.8) is 0 Å². The van der Waals surface area contributed by atoms with Crippen LogP contribution in [0, 0.1) is 0 Å². The molecule has 0 radical (unpaired) electrons. The van der Waals surface area contributed by atoms with Crippen LogP contribution in [0.25, 0.3) is 20.3 Å². The molecule has 2 heterocycles. The predicted molar refractivity (Wildman–Crippen MR) is 96.9 cm³/mol. The van der Waals surface area contributed by atoms with Crippen molar-refractivity contribution in [2.75, 3.05) is 7.11 Å². The lowest BCUT2D eigenvalue weighted by Crippen LogP contribution is -1.80. The molecule has 0 fully saturated rings. The Bertz CT molecular complexity index is 1030. The number of methoxy groups -OCH3 is 1. The first kappa shape index (κ1) is 14.2. The number of thiazole rings is 1. The van der Waals surface area contributed by atoms with E-state index >= 15 is 0 Å². The van der Waals surface area contributed by atoms with Gasteiger partial charge in [0.2, 0.25) is 5.13 Å². The fourth-order valence-electron chi connectivity index (χ4n) is 2.33. The van der Waals surface area contributed by atoms with Gasteiger partial charge in [-0.15, -0.1) is 11.3 Å². The van der Waals surface area contributed by atoms with E-state index in [2.05, 4.69) is 9.98 Å². The zero-order valence-electron chi connectivity index (χ0n) is 12.2. The van der Waals surface area contributed by atoms with E-state index in [-0.39, 0.29) is 5.75 Å². The lowest BCUT2D eigenvalue weighted by molar-refractivity contribution is 0.415. The van der Waals surface area contributed by atoms with Gasteiger partial charge in [-0.1, -0.05) is 23.5 Å². The SMILES string of the molecule is COc1ccc2nc(/N=C/c3sc4ccccc4c3O)sc2c1. The standard InChI is InChI=1S/C17H12N2O2S2/c1-21-10-6-7-12-14(8-10)23-17(19-12)18-9-15-16(20)11-4-2-3-5-13(11)22-15/h2-9,20H,1H3/b18-9+. The second kappa shape index (κ2) is 5.64. The molecule has 0 atom stereocenters. The van der Waals surface area contributed by atoms with Crippen LogP contribution in [-0.4, -0.2) is 23.4 Å². The summed E-state index contributed by atoms with van der Waals surface area (Å²) in [5, 5.41) is 11.8. The van der Waals surface area contributed by atoms with Gasteiger partial charge in [0.1, 0.15) is 11.5 Å². The Kier molecular flexibility index (Phi) is 3.48. The highest BCUT2D eigenvalue weighted by atomic mass is 32.1. The van der Waals surface area contributed by atoms with E-state index in [1.54, 1.807) is 13.3 Å². The number of benzene rings is 2. The van der Waals surface area contributed by atoms with Gasteiger partial charge in [0.15, 0.2) is 0 Å². The van der Waals surface area contributed by atoms with Gasteiger partial charge in [-0.05, 0) is 30.3 Å². The summed E-state index contributed by atoms with van der Waals surface area (Å²) in [5.74, 6) is 1.08. The van der Waals surface area contributed by atoms with Crippen LogP contribution in [0.3, 0.4) is 0 Å². The van der Waals surface area contributed by atoms with Crippen LogP contribution in [-0.2, 0) is 0 Å². The van der Waals surface area contributed by atoms with Gasteiger partial charge in [-0.2, -0.15) is 0 Å². The fourth-order valence-corrected chi connectivity index (χ4v) is 4.14. The summed E-state index contributed by atoms with van der Waals surface area (Å²) in [6, 6.07) is 13.5. The highest BCUT2D eigenvalue weighted by Gasteiger charge is 2.09. The molecule has 1 N–H and O–H groups in total. The first-order valence-corrected chi connectivity index (χ1v) is 8.57. The molecule has 0 bridgehead atoms. The van der Waals surface area contributed by atoms with Gasteiger partial charge >= 0.3 is 0 Å². The molecule has 0 saturated carbocycles. The van der Waals surface area contributed by atoms with Crippen molar-refractivity contribution < 1.29 is 9.84 Å². The molecular weight excluding hydrogens is 328 g/mol. The molecule has 0 aliphatic heterocycles. The van der Waals surface area contributed by atoms with Gasteiger partial charge in [0.05, 0.1) is 28.4 Å². The zero-order valence-corrected chi connectivity index (χ0v) is 13.8. The van der Waals surface area contributed by atoms with E-state index in [0.29, 0.717) is 5.13 Å². The molecule has 4 aromatic rings. The first-order valence-electron chi connectivity index (χ1n) is 6.94. The summed E-state index contributed by atoms with van der Waals surface area (Å²) in [4.78, 5) is 9.63. The highest BCUT2D eigenvalue weighted by molar-refractivity contribution is 7.22. The van der Waals surface area contributed by atoms with Crippen LogP contribution >= 0.6 is 22.7 Å². The number of aliphatic imine (C=N–C) groups is 1. The quantitative estimate of drug-likeness (QED) is 0.535. The van der Waals surface area contributed by atoms with Crippen molar-refractivity contribution >= 4 is 54.3 Å². The number of ether oxygens (including phenoxy) is 1. The molecule has 2 aromatic carbocycles. The molecule has 23 heavy (non-hydrogen) atoms. The smallest absolute Gasteiger partial charge is 0.210 e. The van der Waals surface area contributed by atoms with Crippen LogP contribution in [0.1, 0.15) is 4.88 Å². The summed E-state index contributed by atoms with van der Waals surface area (Å²) in [6.07, 6.45) is 1.68. The topological polar surface area (TPSA) is 54.7 Å². The third kappa shape index (κ3) is 2.56. The molecule has 0 spiro atoms. The van der Waals surface area contributed by atoms with Crippen molar-refractivity contribution in [3.05, 3.63) is 47.3 Å². The number of aromatic hydroxyl groups is 1. The van der Waals surface area contributed by atoms with Gasteiger partial charge in [-0.3, -0.25) is 0 Å². The Hall–Kier alpha value is -2.44. The van der Waals surface area contributed by atoms with Crippen LogP contribution in [0.2, 0.25) is 0 Å². The molecule has 0 unspecified atom stereocenters. The van der Waals surface area contributed by atoms with E-state index < -0.39 is 0 Å². The van der Waals surface area contributed by atoms with Crippen molar-refractivity contribution in [1.82, 2.24) is 4.98 Å². The Morgan fingerprint density at radius 1 is 1.13 bits per heavy atom. The maximum atomic E-state index is 10.3. The Morgan fingerprint density at radius 2 is 2.00 bits per heavy atom. The number of thiophene rings is 1. The molecular formula is C17H12N2O2S2. The first-order chi connectivity index (χ1) is 11.2. The van der Waals surface area contributed by atoms with E-state index in [4.69, 9.17) is 4.74 Å². The number of hydrogen-bond donors (Lipinski definition) is 1. The number of nitrogens with zero attached hydrogens (tertiary/aromatic N) is 2. The van der Waals surface area contributed by atoms with Crippen molar-refractivity contribution in [2.24, 2.45) is 4.99 Å². The van der Waals surface area contributed by atoms with Crippen molar-refractivity contribution in [2.45, 2.75) is 0 Å². The molecule has 4 nitrogen and oxygen atoms in total. The van der Waals surface area contributed by atoms with E-state index in [0.717, 1.165) is 30.9 Å². The predicted octanol–water partition coefficient (Wildman–Crippen LogP) is 4.98. The zero-order chi connectivity index (χ0) is 15.8. The van der Waals surface area contributed by atoms with Crippen molar-refractivity contribution in [3.8, 4) is 11.5 Å². The molecule has 0 aliphatic carbocycles. The molecule has 2 aromatic heterocycles. The second-order valence-corrected chi connectivity index (χ2v) is 6.99. The summed E-state index contributed by atoms with van der Waals surface area (Å²) < 4.78 is 7.29. The van der Waals surface area contributed by atoms with E-state index in [1.807, 2.05) is 42.5 Å². The van der Waals surface area contributed by atoms with E-state index in [1.165, 1.54) is 22.7 Å². The van der Waals surface area contributed by atoms with Gasteiger partial charge in [-0.25, -0.2) is 9.98 Å².